The van der Waals surface area contributed by atoms with Gasteiger partial charge < -0.3 is 14.2 Å². The number of carbonyl (C=O) groups excluding carboxylic acids is 1. The zero-order valence-corrected chi connectivity index (χ0v) is 16.7. The van der Waals surface area contributed by atoms with E-state index in [1.807, 2.05) is 6.07 Å². The molecule has 7 nitrogen and oxygen atoms in total. The average Bonchev–Trinajstić information content (AvgIpc) is 3.19. The van der Waals surface area contributed by atoms with Crippen molar-refractivity contribution in [2.24, 2.45) is 0 Å². The molecule has 146 valence electrons. The highest BCUT2D eigenvalue weighted by molar-refractivity contribution is 6.42. The number of H-pyrrole nitrogens is 1. The minimum absolute atomic E-state index is 0.105. The predicted molar refractivity (Wildman–Crippen MR) is 105 cm³/mol. The van der Waals surface area contributed by atoms with Crippen molar-refractivity contribution < 1.29 is 19.0 Å². The molecule has 28 heavy (non-hydrogen) atoms. The molecule has 2 aromatic carbocycles. The second-order valence-electron chi connectivity index (χ2n) is 5.64. The number of ether oxygens (including phenoxy) is 3. The fourth-order valence-electron chi connectivity index (χ4n) is 2.50. The van der Waals surface area contributed by atoms with Crippen molar-refractivity contribution in [3.8, 4) is 22.8 Å². The van der Waals surface area contributed by atoms with Gasteiger partial charge in [0.05, 0.1) is 23.8 Å². The third-order valence-electron chi connectivity index (χ3n) is 3.83. The highest BCUT2D eigenvalue weighted by Crippen LogP contribution is 2.33. The van der Waals surface area contributed by atoms with Crippen molar-refractivity contribution in [3.05, 3.63) is 57.7 Å². The van der Waals surface area contributed by atoms with Gasteiger partial charge in [-0.1, -0.05) is 29.3 Å². The molecule has 0 spiro atoms. The number of esters is 1. The molecule has 0 fully saturated rings. The molecule has 0 saturated heterocycles. The number of rotatable bonds is 7. The maximum Gasteiger partial charge on any atom is 0.361 e. The van der Waals surface area contributed by atoms with Gasteiger partial charge in [-0.25, -0.2) is 4.79 Å². The van der Waals surface area contributed by atoms with Gasteiger partial charge in [0.25, 0.3) is 0 Å². The fourth-order valence-corrected chi connectivity index (χ4v) is 2.82. The van der Waals surface area contributed by atoms with Crippen LogP contribution in [-0.2, 0) is 11.3 Å². The number of nitrogens with zero attached hydrogens (tertiary/aromatic N) is 2. The van der Waals surface area contributed by atoms with E-state index in [4.69, 9.17) is 37.4 Å². The number of hydrogen-bond donors (Lipinski definition) is 1. The van der Waals surface area contributed by atoms with Crippen molar-refractivity contribution in [3.63, 3.8) is 0 Å². The first kappa shape index (κ1) is 20.0. The van der Waals surface area contributed by atoms with Crippen LogP contribution in [0, 0.1) is 0 Å². The molecule has 0 atom stereocenters. The van der Waals surface area contributed by atoms with Crippen LogP contribution >= 0.6 is 23.2 Å². The van der Waals surface area contributed by atoms with Gasteiger partial charge in [0.1, 0.15) is 12.3 Å². The fraction of sp³-hybridized carbons (Fsp3) is 0.211. The molecule has 0 saturated carbocycles. The van der Waals surface area contributed by atoms with Crippen LogP contribution in [0.1, 0.15) is 23.0 Å². The largest absolute Gasteiger partial charge is 0.493 e. The van der Waals surface area contributed by atoms with Crippen LogP contribution in [0.25, 0.3) is 11.3 Å². The number of methoxy groups -OCH3 is 1. The molecule has 0 bridgehead atoms. The molecule has 9 heteroatoms. The Kier molecular flexibility index (Phi) is 6.38. The van der Waals surface area contributed by atoms with E-state index in [2.05, 4.69) is 15.4 Å². The Hall–Kier alpha value is -2.77. The Morgan fingerprint density at radius 2 is 1.89 bits per heavy atom. The third kappa shape index (κ3) is 4.37. The van der Waals surface area contributed by atoms with Gasteiger partial charge >= 0.3 is 5.97 Å². The van der Waals surface area contributed by atoms with E-state index < -0.39 is 5.97 Å². The highest BCUT2D eigenvalue weighted by atomic mass is 35.5. The minimum atomic E-state index is -0.551. The summed E-state index contributed by atoms with van der Waals surface area (Å²) in [4.78, 5) is 12.0. The lowest BCUT2D eigenvalue weighted by Crippen LogP contribution is -2.07. The maximum absolute atomic E-state index is 12.0. The Labute approximate surface area is 171 Å². The molecule has 1 heterocycles. The number of carbonyl (C=O) groups is 1. The van der Waals surface area contributed by atoms with Gasteiger partial charge in [-0.2, -0.15) is 10.3 Å². The summed E-state index contributed by atoms with van der Waals surface area (Å²) in [6.45, 7) is 2.25. The Morgan fingerprint density at radius 3 is 2.61 bits per heavy atom. The zero-order valence-electron chi connectivity index (χ0n) is 15.2. The van der Waals surface area contributed by atoms with Crippen molar-refractivity contribution >= 4 is 29.2 Å². The first-order chi connectivity index (χ1) is 13.5. The molecular formula is C19H17Cl2N3O4. The van der Waals surface area contributed by atoms with Crippen LogP contribution in [0.4, 0.5) is 0 Å². The Balaban J connectivity index is 1.82. The predicted octanol–water partition coefficient (Wildman–Crippen LogP) is 4.54. The van der Waals surface area contributed by atoms with Crippen LogP contribution in [0.2, 0.25) is 10.0 Å². The van der Waals surface area contributed by atoms with Gasteiger partial charge in [0.15, 0.2) is 17.2 Å². The topological polar surface area (TPSA) is 86.3 Å². The lowest BCUT2D eigenvalue weighted by Gasteiger charge is -2.12. The molecule has 0 radical (unpaired) electrons. The van der Waals surface area contributed by atoms with E-state index in [9.17, 15) is 4.79 Å². The van der Waals surface area contributed by atoms with Crippen LogP contribution < -0.4 is 9.47 Å². The molecule has 3 rings (SSSR count). The molecule has 0 aliphatic rings. The van der Waals surface area contributed by atoms with Gasteiger partial charge in [-0.3, -0.25) is 0 Å². The highest BCUT2D eigenvalue weighted by Gasteiger charge is 2.20. The standard InChI is InChI=1S/C19H17Cl2N3O4/c1-3-27-19(25)18-17(22-24-23-18)12-5-7-15(16(9-12)26-2)28-10-11-4-6-13(20)14(21)8-11/h4-9H,3,10H2,1-2H3,(H,22,23,24). The van der Waals surface area contributed by atoms with Crippen molar-refractivity contribution in [1.29, 1.82) is 0 Å². The number of benzene rings is 2. The molecule has 1 N–H and O–H groups in total. The lowest BCUT2D eigenvalue weighted by molar-refractivity contribution is 0.0520. The van der Waals surface area contributed by atoms with Gasteiger partial charge in [0.2, 0.25) is 0 Å². The molecular weight excluding hydrogens is 405 g/mol. The van der Waals surface area contributed by atoms with Crippen molar-refractivity contribution in [2.75, 3.05) is 13.7 Å². The van der Waals surface area contributed by atoms with Gasteiger partial charge in [0, 0.05) is 5.56 Å². The molecule has 0 unspecified atom stereocenters. The number of hydrogen-bond acceptors (Lipinski definition) is 6. The smallest absolute Gasteiger partial charge is 0.361 e. The first-order valence-electron chi connectivity index (χ1n) is 8.36. The molecule has 0 amide bonds. The molecule has 0 aliphatic carbocycles. The van der Waals surface area contributed by atoms with E-state index in [0.29, 0.717) is 32.8 Å². The maximum atomic E-state index is 12.0. The summed E-state index contributed by atoms with van der Waals surface area (Å²) in [5.74, 6) is 0.457. The normalized spacial score (nSPS) is 10.6. The average molecular weight is 422 g/mol. The lowest BCUT2D eigenvalue weighted by atomic mass is 10.1. The summed E-state index contributed by atoms with van der Waals surface area (Å²) in [5.41, 5.74) is 1.97. The van der Waals surface area contributed by atoms with Crippen LogP contribution in [0.5, 0.6) is 11.5 Å². The quantitative estimate of drug-likeness (QED) is 0.563. The summed E-state index contributed by atoms with van der Waals surface area (Å²) in [6.07, 6.45) is 0. The summed E-state index contributed by atoms with van der Waals surface area (Å²) >= 11 is 12.0. The van der Waals surface area contributed by atoms with E-state index in [0.717, 1.165) is 5.56 Å². The van der Waals surface area contributed by atoms with Crippen LogP contribution in [0.3, 0.4) is 0 Å². The number of aromatic amines is 1. The monoisotopic (exact) mass is 421 g/mol. The minimum Gasteiger partial charge on any atom is -0.493 e. The third-order valence-corrected chi connectivity index (χ3v) is 4.57. The molecule has 1 aromatic heterocycles. The summed E-state index contributed by atoms with van der Waals surface area (Å²) < 4.78 is 16.2. The van der Waals surface area contributed by atoms with E-state index in [1.54, 1.807) is 37.3 Å². The van der Waals surface area contributed by atoms with Crippen LogP contribution in [-0.4, -0.2) is 35.1 Å². The Bertz CT molecular complexity index is 991. The zero-order chi connectivity index (χ0) is 20.1. The second kappa shape index (κ2) is 8.95. The van der Waals surface area contributed by atoms with Gasteiger partial charge in [-0.15, -0.1) is 5.10 Å². The molecule has 3 aromatic rings. The number of halogens is 2. The summed E-state index contributed by atoms with van der Waals surface area (Å²) in [7, 11) is 1.53. The first-order valence-corrected chi connectivity index (χ1v) is 9.12. The Morgan fingerprint density at radius 1 is 1.07 bits per heavy atom. The van der Waals surface area contributed by atoms with Crippen molar-refractivity contribution in [1.82, 2.24) is 15.4 Å². The van der Waals surface area contributed by atoms with E-state index in [1.165, 1.54) is 7.11 Å². The molecule has 0 aliphatic heterocycles. The van der Waals surface area contributed by atoms with E-state index in [-0.39, 0.29) is 18.9 Å². The van der Waals surface area contributed by atoms with Gasteiger partial charge in [-0.05, 0) is 42.8 Å². The SMILES string of the molecule is CCOC(=O)c1n[nH]nc1-c1ccc(OCc2ccc(Cl)c(Cl)c2)c(OC)c1. The number of nitrogens with one attached hydrogen (secondary N) is 1. The number of aromatic nitrogens is 3. The summed E-state index contributed by atoms with van der Waals surface area (Å²) in [5, 5.41) is 11.3. The van der Waals surface area contributed by atoms with E-state index >= 15 is 0 Å². The second-order valence-corrected chi connectivity index (χ2v) is 6.46. The van der Waals surface area contributed by atoms with Crippen molar-refractivity contribution in [2.45, 2.75) is 13.5 Å². The summed E-state index contributed by atoms with van der Waals surface area (Å²) in [6, 6.07) is 10.5. The van der Waals surface area contributed by atoms with Crippen LogP contribution in [0.15, 0.2) is 36.4 Å².